The molecule has 0 spiro atoms. The zero-order valence-electron chi connectivity index (χ0n) is 10.5. The topological polar surface area (TPSA) is 45.9 Å². The molecule has 0 aliphatic carbocycles. The summed E-state index contributed by atoms with van der Waals surface area (Å²) in [5.41, 5.74) is 0.408. The van der Waals surface area contributed by atoms with Crippen molar-refractivity contribution in [1.29, 1.82) is 5.26 Å². The molecule has 0 fully saturated rings. The number of hydrogen-bond donors (Lipinski definition) is 0. The van der Waals surface area contributed by atoms with Crippen molar-refractivity contribution in [3.8, 4) is 11.8 Å². The minimum atomic E-state index is 0.408. The molecule has 0 aliphatic rings. The van der Waals surface area contributed by atoms with Crippen LogP contribution in [0.2, 0.25) is 0 Å². The van der Waals surface area contributed by atoms with Gasteiger partial charge in [0, 0.05) is 12.3 Å². The molecular weight excluding hydrogens is 212 g/mol. The second-order valence-electron chi connectivity index (χ2n) is 4.10. The van der Waals surface area contributed by atoms with E-state index in [1.54, 1.807) is 18.3 Å². The van der Waals surface area contributed by atoms with Crippen LogP contribution >= 0.6 is 0 Å². The van der Waals surface area contributed by atoms with E-state index in [1.807, 2.05) is 6.07 Å². The number of hydrogen-bond acceptors (Lipinski definition) is 3. The second kappa shape index (κ2) is 8.58. The van der Waals surface area contributed by atoms with Gasteiger partial charge in [0.15, 0.2) is 0 Å². The molecule has 1 rings (SSSR count). The molecule has 1 aromatic rings. The zero-order valence-corrected chi connectivity index (χ0v) is 10.5. The number of nitrogens with zero attached hydrogens (tertiary/aromatic N) is 2. The van der Waals surface area contributed by atoms with Crippen molar-refractivity contribution in [3.05, 3.63) is 24.0 Å². The molecule has 3 heteroatoms. The number of ether oxygens (including phenoxy) is 1. The third-order valence-corrected chi connectivity index (χ3v) is 2.61. The molecule has 0 bridgehead atoms. The van der Waals surface area contributed by atoms with Crippen molar-refractivity contribution in [2.75, 3.05) is 6.61 Å². The summed E-state index contributed by atoms with van der Waals surface area (Å²) >= 11 is 0. The Morgan fingerprint density at radius 2 is 2.00 bits per heavy atom. The maximum atomic E-state index is 8.69. The van der Waals surface area contributed by atoms with Crippen LogP contribution in [0.4, 0.5) is 0 Å². The zero-order chi connectivity index (χ0) is 12.3. The molecule has 0 amide bonds. The number of unbranched alkanes of at least 4 members (excludes halogenated alkanes) is 5. The SMILES string of the molecule is CCCCCCCCOc1ccnc(C#N)c1. The minimum absolute atomic E-state index is 0.408. The monoisotopic (exact) mass is 232 g/mol. The van der Waals surface area contributed by atoms with E-state index < -0.39 is 0 Å². The van der Waals surface area contributed by atoms with Gasteiger partial charge in [0.2, 0.25) is 0 Å². The van der Waals surface area contributed by atoms with Gasteiger partial charge in [-0.25, -0.2) is 4.98 Å². The van der Waals surface area contributed by atoms with Gasteiger partial charge in [-0.15, -0.1) is 0 Å². The molecule has 0 aliphatic heterocycles. The van der Waals surface area contributed by atoms with Gasteiger partial charge in [-0.3, -0.25) is 0 Å². The Morgan fingerprint density at radius 1 is 1.24 bits per heavy atom. The van der Waals surface area contributed by atoms with E-state index in [1.165, 1.54) is 32.1 Å². The second-order valence-corrected chi connectivity index (χ2v) is 4.10. The molecule has 0 saturated carbocycles. The summed E-state index contributed by atoms with van der Waals surface area (Å²) in [5.74, 6) is 0.741. The molecule has 92 valence electrons. The molecule has 17 heavy (non-hydrogen) atoms. The number of nitriles is 1. The first-order valence-corrected chi connectivity index (χ1v) is 6.35. The van der Waals surface area contributed by atoms with Crippen molar-refractivity contribution in [2.24, 2.45) is 0 Å². The molecule has 1 heterocycles. The lowest BCUT2D eigenvalue weighted by Gasteiger charge is -2.05. The van der Waals surface area contributed by atoms with Crippen molar-refractivity contribution in [3.63, 3.8) is 0 Å². The summed E-state index contributed by atoms with van der Waals surface area (Å²) < 4.78 is 5.56. The fourth-order valence-corrected chi connectivity index (χ4v) is 1.63. The van der Waals surface area contributed by atoms with E-state index >= 15 is 0 Å². The quantitative estimate of drug-likeness (QED) is 0.642. The highest BCUT2D eigenvalue weighted by atomic mass is 16.5. The average molecular weight is 232 g/mol. The molecule has 1 aromatic heterocycles. The highest BCUT2D eigenvalue weighted by Gasteiger charge is 1.97. The first-order valence-electron chi connectivity index (χ1n) is 6.35. The van der Waals surface area contributed by atoms with Gasteiger partial charge < -0.3 is 4.74 Å². The largest absolute Gasteiger partial charge is 0.493 e. The lowest BCUT2D eigenvalue weighted by atomic mass is 10.1. The highest BCUT2D eigenvalue weighted by molar-refractivity contribution is 5.29. The fraction of sp³-hybridized carbons (Fsp3) is 0.571. The molecule has 0 N–H and O–H groups in total. The molecule has 0 unspecified atom stereocenters. The summed E-state index contributed by atoms with van der Waals surface area (Å²) in [6.45, 7) is 2.94. The highest BCUT2D eigenvalue weighted by Crippen LogP contribution is 2.11. The van der Waals surface area contributed by atoms with Gasteiger partial charge in [0.05, 0.1) is 6.61 Å². The summed E-state index contributed by atoms with van der Waals surface area (Å²) in [7, 11) is 0. The average Bonchev–Trinajstić information content (AvgIpc) is 2.38. The molecule has 0 atom stereocenters. The molecule has 0 aromatic carbocycles. The van der Waals surface area contributed by atoms with Crippen LogP contribution < -0.4 is 4.74 Å². The maximum absolute atomic E-state index is 8.69. The predicted octanol–water partition coefficient (Wildman–Crippen LogP) is 3.69. The van der Waals surface area contributed by atoms with Crippen LogP contribution in [-0.2, 0) is 0 Å². The van der Waals surface area contributed by atoms with Gasteiger partial charge in [-0.05, 0) is 12.5 Å². The third kappa shape index (κ3) is 5.91. The standard InChI is InChI=1S/C14H20N2O/c1-2-3-4-5-6-7-10-17-14-8-9-16-13(11-14)12-15/h8-9,11H,2-7,10H2,1H3. The Hall–Kier alpha value is -1.56. The first kappa shape index (κ1) is 13.5. The van der Waals surface area contributed by atoms with Crippen molar-refractivity contribution in [1.82, 2.24) is 4.98 Å². The van der Waals surface area contributed by atoms with Gasteiger partial charge in [-0.2, -0.15) is 5.26 Å². The molecule has 0 radical (unpaired) electrons. The van der Waals surface area contributed by atoms with E-state index in [9.17, 15) is 0 Å². The Balaban J connectivity index is 2.12. The Labute approximate surface area is 103 Å². The van der Waals surface area contributed by atoms with Crippen molar-refractivity contribution >= 4 is 0 Å². The predicted molar refractivity (Wildman–Crippen MR) is 67.8 cm³/mol. The first-order chi connectivity index (χ1) is 8.36. The lowest BCUT2D eigenvalue weighted by molar-refractivity contribution is 0.304. The molecule has 0 saturated heterocycles. The van der Waals surface area contributed by atoms with E-state index in [0.717, 1.165) is 18.8 Å². The summed E-state index contributed by atoms with van der Waals surface area (Å²) in [5, 5.41) is 8.69. The normalized spacial score (nSPS) is 9.88. The van der Waals surface area contributed by atoms with Gasteiger partial charge >= 0.3 is 0 Å². The Kier molecular flexibility index (Phi) is 6.81. The molecular formula is C14H20N2O. The van der Waals surface area contributed by atoms with E-state index in [0.29, 0.717) is 5.69 Å². The number of aromatic nitrogens is 1. The van der Waals surface area contributed by atoms with Crippen LogP contribution in [-0.4, -0.2) is 11.6 Å². The van der Waals surface area contributed by atoms with Crippen LogP contribution in [0, 0.1) is 11.3 Å². The minimum Gasteiger partial charge on any atom is -0.493 e. The summed E-state index contributed by atoms with van der Waals surface area (Å²) in [4.78, 5) is 3.89. The van der Waals surface area contributed by atoms with E-state index in [4.69, 9.17) is 10.00 Å². The smallest absolute Gasteiger partial charge is 0.144 e. The van der Waals surface area contributed by atoms with Crippen LogP contribution in [0.1, 0.15) is 51.1 Å². The fourth-order valence-electron chi connectivity index (χ4n) is 1.63. The third-order valence-electron chi connectivity index (χ3n) is 2.61. The number of pyridine rings is 1. The van der Waals surface area contributed by atoms with Crippen LogP contribution in [0.3, 0.4) is 0 Å². The number of rotatable bonds is 8. The maximum Gasteiger partial charge on any atom is 0.144 e. The van der Waals surface area contributed by atoms with Crippen LogP contribution in [0.25, 0.3) is 0 Å². The Morgan fingerprint density at radius 3 is 2.76 bits per heavy atom. The van der Waals surface area contributed by atoms with E-state index in [2.05, 4.69) is 11.9 Å². The van der Waals surface area contributed by atoms with Crippen molar-refractivity contribution in [2.45, 2.75) is 45.4 Å². The van der Waals surface area contributed by atoms with Gasteiger partial charge in [0.25, 0.3) is 0 Å². The van der Waals surface area contributed by atoms with E-state index in [-0.39, 0.29) is 0 Å². The van der Waals surface area contributed by atoms with Gasteiger partial charge in [-0.1, -0.05) is 39.0 Å². The van der Waals surface area contributed by atoms with Crippen molar-refractivity contribution < 1.29 is 4.74 Å². The van der Waals surface area contributed by atoms with Gasteiger partial charge in [0.1, 0.15) is 17.5 Å². The summed E-state index contributed by atoms with van der Waals surface area (Å²) in [6.07, 6.45) is 9.13. The van der Waals surface area contributed by atoms with Crippen LogP contribution in [0.5, 0.6) is 5.75 Å². The van der Waals surface area contributed by atoms with Crippen LogP contribution in [0.15, 0.2) is 18.3 Å². The summed E-state index contributed by atoms with van der Waals surface area (Å²) in [6, 6.07) is 5.47. The Bertz CT molecular complexity index is 357. The lowest BCUT2D eigenvalue weighted by Crippen LogP contribution is -1.98. The molecule has 3 nitrogen and oxygen atoms in total.